The minimum atomic E-state index is -0.171. The van der Waals surface area contributed by atoms with Gasteiger partial charge >= 0.3 is 0 Å². The number of hydrogen-bond acceptors (Lipinski definition) is 2. The Morgan fingerprint density at radius 1 is 1.32 bits per heavy atom. The van der Waals surface area contributed by atoms with E-state index < -0.39 is 0 Å². The molecule has 0 saturated carbocycles. The van der Waals surface area contributed by atoms with Crippen molar-refractivity contribution in [3.05, 3.63) is 34.1 Å². The molecule has 1 aromatic rings. The third-order valence-corrected chi connectivity index (χ3v) is 4.26. The molecule has 1 N–H and O–H groups in total. The zero-order valence-electron chi connectivity index (χ0n) is 11.3. The van der Waals surface area contributed by atoms with Crippen molar-refractivity contribution >= 4 is 15.9 Å². The van der Waals surface area contributed by atoms with Crippen LogP contribution >= 0.6 is 15.9 Å². The van der Waals surface area contributed by atoms with Crippen molar-refractivity contribution in [3.63, 3.8) is 0 Å². The van der Waals surface area contributed by atoms with Crippen LogP contribution in [0.5, 0.6) is 0 Å². The number of ether oxygens (including phenoxy) is 1. The standard InChI is InChI=1S/C15H21BrFNO/c1-2-18-11-15(3-5-19-6-4-15)10-12-7-13(16)9-14(17)8-12/h7-9,18H,2-6,10-11H2,1H3. The Labute approximate surface area is 122 Å². The fraction of sp³-hybridized carbons (Fsp3) is 0.600. The minimum Gasteiger partial charge on any atom is -0.381 e. The van der Waals surface area contributed by atoms with Crippen LogP contribution in [0.1, 0.15) is 25.3 Å². The summed E-state index contributed by atoms with van der Waals surface area (Å²) in [6, 6.07) is 5.17. The predicted molar refractivity (Wildman–Crippen MR) is 78.8 cm³/mol. The van der Waals surface area contributed by atoms with Gasteiger partial charge in [-0.3, -0.25) is 0 Å². The van der Waals surface area contributed by atoms with Gasteiger partial charge in [-0.1, -0.05) is 22.9 Å². The Balaban J connectivity index is 2.14. The van der Waals surface area contributed by atoms with E-state index in [1.807, 2.05) is 6.07 Å². The van der Waals surface area contributed by atoms with Crippen LogP contribution < -0.4 is 5.32 Å². The van der Waals surface area contributed by atoms with E-state index in [1.54, 1.807) is 6.07 Å². The molecule has 1 aliphatic rings. The lowest BCUT2D eigenvalue weighted by Crippen LogP contribution is -2.40. The summed E-state index contributed by atoms with van der Waals surface area (Å²) in [7, 11) is 0. The smallest absolute Gasteiger partial charge is 0.124 e. The van der Waals surface area contributed by atoms with Gasteiger partial charge in [-0.15, -0.1) is 0 Å². The highest BCUT2D eigenvalue weighted by Gasteiger charge is 2.32. The lowest BCUT2D eigenvalue weighted by Gasteiger charge is -2.37. The van der Waals surface area contributed by atoms with Gasteiger partial charge in [-0.05, 0) is 55.0 Å². The zero-order valence-corrected chi connectivity index (χ0v) is 12.9. The van der Waals surface area contributed by atoms with Gasteiger partial charge in [0.2, 0.25) is 0 Å². The van der Waals surface area contributed by atoms with Gasteiger partial charge in [0, 0.05) is 24.2 Å². The second-order valence-corrected chi connectivity index (χ2v) is 6.26. The molecule has 0 bridgehead atoms. The summed E-state index contributed by atoms with van der Waals surface area (Å²) in [6.07, 6.45) is 2.97. The molecule has 2 nitrogen and oxygen atoms in total. The summed E-state index contributed by atoms with van der Waals surface area (Å²) in [4.78, 5) is 0. The molecule has 0 aliphatic carbocycles. The van der Waals surface area contributed by atoms with Crippen LogP contribution in [0.2, 0.25) is 0 Å². The van der Waals surface area contributed by atoms with E-state index >= 15 is 0 Å². The van der Waals surface area contributed by atoms with Crippen LogP contribution in [0.15, 0.2) is 22.7 Å². The molecule has 2 rings (SSSR count). The lowest BCUT2D eigenvalue weighted by atomic mass is 9.75. The van der Waals surface area contributed by atoms with Crippen LogP contribution in [0.3, 0.4) is 0 Å². The number of halogens is 2. The Morgan fingerprint density at radius 3 is 2.68 bits per heavy atom. The summed E-state index contributed by atoms with van der Waals surface area (Å²) in [6.45, 7) is 5.67. The summed E-state index contributed by atoms with van der Waals surface area (Å²) < 4.78 is 19.8. The molecule has 0 atom stereocenters. The molecule has 4 heteroatoms. The highest BCUT2D eigenvalue weighted by molar-refractivity contribution is 9.10. The molecule has 1 saturated heterocycles. The van der Waals surface area contributed by atoms with Gasteiger partial charge in [-0.25, -0.2) is 4.39 Å². The van der Waals surface area contributed by atoms with E-state index in [2.05, 4.69) is 28.2 Å². The first-order valence-electron chi connectivity index (χ1n) is 6.87. The van der Waals surface area contributed by atoms with Gasteiger partial charge in [0.25, 0.3) is 0 Å². The summed E-state index contributed by atoms with van der Waals surface area (Å²) >= 11 is 3.37. The Morgan fingerprint density at radius 2 is 2.05 bits per heavy atom. The van der Waals surface area contributed by atoms with E-state index in [9.17, 15) is 4.39 Å². The first-order valence-corrected chi connectivity index (χ1v) is 7.66. The van der Waals surface area contributed by atoms with E-state index in [-0.39, 0.29) is 11.2 Å². The summed E-state index contributed by atoms with van der Waals surface area (Å²) in [5.74, 6) is -0.171. The molecule has 1 fully saturated rings. The Hall–Kier alpha value is -0.450. The van der Waals surface area contributed by atoms with Gasteiger partial charge in [0.05, 0.1) is 0 Å². The van der Waals surface area contributed by atoms with Crippen molar-refractivity contribution in [2.45, 2.75) is 26.2 Å². The Bertz CT molecular complexity index is 398. The highest BCUT2D eigenvalue weighted by atomic mass is 79.9. The van der Waals surface area contributed by atoms with Crippen LogP contribution in [-0.2, 0) is 11.2 Å². The number of rotatable bonds is 5. The fourth-order valence-electron chi connectivity index (χ4n) is 2.76. The topological polar surface area (TPSA) is 21.3 Å². The van der Waals surface area contributed by atoms with Crippen molar-refractivity contribution in [2.24, 2.45) is 5.41 Å². The van der Waals surface area contributed by atoms with Gasteiger partial charge in [-0.2, -0.15) is 0 Å². The highest BCUT2D eigenvalue weighted by Crippen LogP contribution is 2.34. The maximum atomic E-state index is 13.5. The minimum absolute atomic E-state index is 0.171. The molecule has 106 valence electrons. The van der Waals surface area contributed by atoms with E-state index in [1.165, 1.54) is 6.07 Å². The maximum absolute atomic E-state index is 13.5. The molecule has 0 radical (unpaired) electrons. The van der Waals surface area contributed by atoms with E-state index in [4.69, 9.17) is 4.74 Å². The largest absolute Gasteiger partial charge is 0.381 e. The van der Waals surface area contributed by atoms with Crippen molar-refractivity contribution in [1.29, 1.82) is 0 Å². The zero-order chi connectivity index (χ0) is 13.7. The maximum Gasteiger partial charge on any atom is 0.124 e. The monoisotopic (exact) mass is 329 g/mol. The molecule has 0 spiro atoms. The average Bonchev–Trinajstić information content (AvgIpc) is 2.36. The summed E-state index contributed by atoms with van der Waals surface area (Å²) in [5, 5.41) is 3.45. The third kappa shape index (κ3) is 4.26. The van der Waals surface area contributed by atoms with Crippen LogP contribution in [0, 0.1) is 11.2 Å². The molecule has 1 aliphatic heterocycles. The van der Waals surface area contributed by atoms with E-state index in [0.29, 0.717) is 0 Å². The lowest BCUT2D eigenvalue weighted by molar-refractivity contribution is 0.0151. The van der Waals surface area contributed by atoms with Gasteiger partial charge in [0.15, 0.2) is 0 Å². The molecule has 19 heavy (non-hydrogen) atoms. The average molecular weight is 330 g/mol. The first kappa shape index (κ1) is 14.9. The molecular formula is C15H21BrFNO. The molecule has 0 aromatic heterocycles. The van der Waals surface area contributed by atoms with E-state index in [0.717, 1.165) is 55.6 Å². The third-order valence-electron chi connectivity index (χ3n) is 3.80. The normalized spacial score (nSPS) is 18.5. The van der Waals surface area contributed by atoms with Crippen LogP contribution in [0.4, 0.5) is 4.39 Å². The molecule has 1 heterocycles. The Kier molecular flexibility index (Phi) is 5.37. The fourth-order valence-corrected chi connectivity index (χ4v) is 3.27. The summed E-state index contributed by atoms with van der Waals surface area (Å²) in [5.41, 5.74) is 1.26. The molecule has 1 aromatic carbocycles. The van der Waals surface area contributed by atoms with Crippen molar-refractivity contribution in [2.75, 3.05) is 26.3 Å². The van der Waals surface area contributed by atoms with Gasteiger partial charge < -0.3 is 10.1 Å². The molecule has 0 unspecified atom stereocenters. The quantitative estimate of drug-likeness (QED) is 0.892. The van der Waals surface area contributed by atoms with Gasteiger partial charge in [0.1, 0.15) is 5.82 Å². The second kappa shape index (κ2) is 6.82. The number of hydrogen-bond donors (Lipinski definition) is 1. The first-order chi connectivity index (χ1) is 9.13. The van der Waals surface area contributed by atoms with Crippen molar-refractivity contribution in [3.8, 4) is 0 Å². The second-order valence-electron chi connectivity index (χ2n) is 5.35. The van der Waals surface area contributed by atoms with Crippen molar-refractivity contribution in [1.82, 2.24) is 5.32 Å². The predicted octanol–water partition coefficient (Wildman–Crippen LogP) is 3.54. The molecular weight excluding hydrogens is 309 g/mol. The van der Waals surface area contributed by atoms with Crippen LogP contribution in [0.25, 0.3) is 0 Å². The number of benzene rings is 1. The number of nitrogens with one attached hydrogen (secondary N) is 1. The van der Waals surface area contributed by atoms with Crippen LogP contribution in [-0.4, -0.2) is 26.3 Å². The van der Waals surface area contributed by atoms with Crippen molar-refractivity contribution < 1.29 is 9.13 Å². The SMILES string of the molecule is CCNCC1(Cc2cc(F)cc(Br)c2)CCOCC1. The molecule has 0 amide bonds.